The maximum Gasteiger partial charge on any atom is 0.472 e. The van der Waals surface area contributed by atoms with Crippen LogP contribution in [-0.2, 0) is 65.4 Å². The Balaban J connectivity index is 5.24. The zero-order valence-corrected chi connectivity index (χ0v) is 67.1. The normalized spacial score (nSPS) is 13.8. The molecule has 5 atom stereocenters. The second-order valence-corrected chi connectivity index (χ2v) is 32.5. The Bertz CT molecular complexity index is 1910. The summed E-state index contributed by atoms with van der Waals surface area (Å²) >= 11 is 0. The summed E-state index contributed by atoms with van der Waals surface area (Å²) in [6.07, 6.45) is 65.1. The molecule has 19 heteroatoms. The number of hydrogen-bond donors (Lipinski definition) is 3. The minimum Gasteiger partial charge on any atom is -0.462 e. The number of aliphatic hydroxyl groups is 1. The zero-order valence-electron chi connectivity index (χ0n) is 65.3. The van der Waals surface area contributed by atoms with Crippen LogP contribution in [-0.4, -0.2) is 96.7 Å². The van der Waals surface area contributed by atoms with Gasteiger partial charge in [0.05, 0.1) is 26.4 Å². The third kappa shape index (κ3) is 74.3. The summed E-state index contributed by atoms with van der Waals surface area (Å²) in [5, 5.41) is 10.6. The molecule has 0 aliphatic carbocycles. The van der Waals surface area contributed by atoms with E-state index in [9.17, 15) is 43.2 Å². The Kier molecular flexibility index (Phi) is 72.5. The largest absolute Gasteiger partial charge is 0.472 e. The lowest BCUT2D eigenvalue weighted by Crippen LogP contribution is -2.30. The van der Waals surface area contributed by atoms with Gasteiger partial charge in [-0.05, 0) is 31.6 Å². The van der Waals surface area contributed by atoms with Gasteiger partial charge in [-0.2, -0.15) is 0 Å². The summed E-state index contributed by atoms with van der Waals surface area (Å²) < 4.78 is 68.7. The second kappa shape index (κ2) is 73.9. The van der Waals surface area contributed by atoms with Crippen molar-refractivity contribution in [3.63, 3.8) is 0 Å². The number of carbonyl (C=O) groups excluding carboxylic acids is 4. The van der Waals surface area contributed by atoms with E-state index in [1.807, 2.05) is 0 Å². The Labute approximate surface area is 613 Å². The minimum absolute atomic E-state index is 0.109. The number of unbranched alkanes of at least 4 members (excludes halogenated alkanes) is 53. The molecule has 0 rings (SSSR count). The maximum absolute atomic E-state index is 13.1. The van der Waals surface area contributed by atoms with Crippen LogP contribution in [0.3, 0.4) is 0 Å². The van der Waals surface area contributed by atoms with Crippen LogP contribution in [0.25, 0.3) is 0 Å². The molecule has 3 N–H and O–H groups in total. The summed E-state index contributed by atoms with van der Waals surface area (Å²) in [5.74, 6) is -1.31. The van der Waals surface area contributed by atoms with E-state index < -0.39 is 97.5 Å². The van der Waals surface area contributed by atoms with Crippen molar-refractivity contribution in [2.45, 2.75) is 451 Å². The number of rotatable bonds is 81. The van der Waals surface area contributed by atoms with Crippen LogP contribution < -0.4 is 0 Å². The summed E-state index contributed by atoms with van der Waals surface area (Å²) in [7, 11) is -9.92. The highest BCUT2D eigenvalue weighted by atomic mass is 31.2. The number of hydrogen-bond acceptors (Lipinski definition) is 15. The molecule has 17 nitrogen and oxygen atoms in total. The van der Waals surface area contributed by atoms with Crippen LogP contribution in [0.1, 0.15) is 433 Å². The lowest BCUT2D eigenvalue weighted by Gasteiger charge is -2.21. The first-order valence-electron chi connectivity index (χ1n) is 42.1. The highest BCUT2D eigenvalue weighted by molar-refractivity contribution is 7.47. The number of aliphatic hydroxyl groups excluding tert-OH is 1. The molecule has 0 aromatic carbocycles. The van der Waals surface area contributed by atoms with Gasteiger partial charge in [0.15, 0.2) is 12.2 Å². The van der Waals surface area contributed by atoms with Crippen LogP contribution in [0.5, 0.6) is 0 Å². The average molecular weight is 1470 g/mol. The third-order valence-corrected chi connectivity index (χ3v) is 20.9. The number of ether oxygens (including phenoxy) is 4. The molecule has 0 aliphatic rings. The molecule has 0 aliphatic heterocycles. The van der Waals surface area contributed by atoms with E-state index in [4.69, 9.17) is 37.0 Å². The SMILES string of the molecule is CCCCCCCCCCCCCCCCCCCC(=O)OC[C@H](COP(=O)(O)OC[C@@H](O)COP(=O)(O)OC[C@@H](COC(=O)CCCCCCCCCCCC)OC(=O)CCCCCCCCCCCCCCCCCC)OC(=O)CCCCCCCCCCCCCCCCC(C)C. The average Bonchev–Trinajstić information content (AvgIpc) is 0.935. The van der Waals surface area contributed by atoms with Gasteiger partial charge in [-0.1, -0.05) is 381 Å². The Morgan fingerprint density at radius 3 is 0.680 bits per heavy atom. The molecule has 0 aromatic rings. The lowest BCUT2D eigenvalue weighted by atomic mass is 10.0. The van der Waals surface area contributed by atoms with E-state index in [1.165, 1.54) is 257 Å². The van der Waals surface area contributed by atoms with Gasteiger partial charge in [-0.25, -0.2) is 9.13 Å². The van der Waals surface area contributed by atoms with Crippen molar-refractivity contribution in [2.75, 3.05) is 39.6 Å². The van der Waals surface area contributed by atoms with Gasteiger partial charge < -0.3 is 33.8 Å². The molecule has 594 valence electrons. The molecular formula is C81H158O17P2. The van der Waals surface area contributed by atoms with Gasteiger partial charge in [-0.3, -0.25) is 37.3 Å². The molecule has 0 amide bonds. The van der Waals surface area contributed by atoms with Gasteiger partial charge in [0.2, 0.25) is 0 Å². The topological polar surface area (TPSA) is 237 Å². The minimum atomic E-state index is -4.96. The van der Waals surface area contributed by atoms with Crippen LogP contribution >= 0.6 is 15.6 Å². The fraction of sp³-hybridized carbons (Fsp3) is 0.951. The summed E-state index contributed by atoms with van der Waals surface area (Å²) in [4.78, 5) is 73.0. The fourth-order valence-corrected chi connectivity index (χ4v) is 14.2. The van der Waals surface area contributed by atoms with E-state index in [0.717, 1.165) is 95.8 Å². The molecule has 0 bridgehead atoms. The van der Waals surface area contributed by atoms with E-state index >= 15 is 0 Å². The summed E-state index contributed by atoms with van der Waals surface area (Å²) in [6.45, 7) is 7.35. The second-order valence-electron chi connectivity index (χ2n) is 29.6. The monoisotopic (exact) mass is 1470 g/mol. The van der Waals surface area contributed by atoms with Gasteiger partial charge in [0.1, 0.15) is 19.3 Å². The molecule has 0 aromatic heterocycles. The van der Waals surface area contributed by atoms with Crippen LogP contribution in [0.4, 0.5) is 0 Å². The van der Waals surface area contributed by atoms with E-state index in [1.54, 1.807) is 0 Å². The fourth-order valence-electron chi connectivity index (χ4n) is 12.6. The lowest BCUT2D eigenvalue weighted by molar-refractivity contribution is -0.161. The van der Waals surface area contributed by atoms with Crippen molar-refractivity contribution in [3.05, 3.63) is 0 Å². The zero-order chi connectivity index (χ0) is 73.4. The van der Waals surface area contributed by atoms with Gasteiger partial charge >= 0.3 is 39.5 Å². The van der Waals surface area contributed by atoms with Crippen molar-refractivity contribution < 1.29 is 80.2 Å². The quantitative estimate of drug-likeness (QED) is 0.0222. The third-order valence-electron chi connectivity index (χ3n) is 19.0. The number of phosphoric acid groups is 2. The van der Waals surface area contributed by atoms with Crippen molar-refractivity contribution in [3.8, 4) is 0 Å². The predicted molar refractivity (Wildman–Crippen MR) is 409 cm³/mol. The van der Waals surface area contributed by atoms with E-state index in [2.05, 4.69) is 34.6 Å². The van der Waals surface area contributed by atoms with Crippen molar-refractivity contribution in [1.82, 2.24) is 0 Å². The molecule has 2 unspecified atom stereocenters. The standard InChI is InChI=1S/C81H158O17P2/c1-6-9-12-15-18-21-24-26-28-30-32-36-40-45-50-55-60-65-79(84)92-71-77(98-81(86)67-62-57-52-47-42-38-34-33-35-39-43-48-53-58-63-74(4)5)73-96-100(89,90)94-69-75(82)68-93-99(87,88)95-72-76(70-91-78(83)64-59-54-49-44-23-20-17-14-11-8-3)97-80(85)66-61-56-51-46-41-37-31-29-27-25-22-19-16-13-10-7-2/h74-77,82H,6-73H2,1-5H3,(H,87,88)(H,89,90)/t75-,76+,77+/m0/s1. The summed E-state index contributed by atoms with van der Waals surface area (Å²) in [5.41, 5.74) is 0. The van der Waals surface area contributed by atoms with Gasteiger partial charge in [-0.15, -0.1) is 0 Å². The van der Waals surface area contributed by atoms with Gasteiger partial charge in [0.25, 0.3) is 0 Å². The molecule has 0 heterocycles. The molecular weight excluding hydrogens is 1310 g/mol. The molecule has 0 saturated heterocycles. The van der Waals surface area contributed by atoms with Crippen molar-refractivity contribution >= 4 is 39.5 Å². The molecule has 0 spiro atoms. The first kappa shape index (κ1) is 98.1. The van der Waals surface area contributed by atoms with Crippen LogP contribution in [0.15, 0.2) is 0 Å². The number of phosphoric ester groups is 2. The summed E-state index contributed by atoms with van der Waals surface area (Å²) in [6, 6.07) is 0. The van der Waals surface area contributed by atoms with Crippen LogP contribution in [0, 0.1) is 5.92 Å². The first-order valence-corrected chi connectivity index (χ1v) is 45.1. The van der Waals surface area contributed by atoms with E-state index in [-0.39, 0.29) is 25.7 Å². The van der Waals surface area contributed by atoms with Crippen molar-refractivity contribution in [2.24, 2.45) is 5.92 Å². The number of carbonyl (C=O) groups is 4. The number of esters is 4. The Morgan fingerprint density at radius 2 is 0.460 bits per heavy atom. The van der Waals surface area contributed by atoms with Crippen LogP contribution in [0.2, 0.25) is 0 Å². The maximum atomic E-state index is 13.1. The molecule has 0 saturated carbocycles. The van der Waals surface area contributed by atoms with E-state index in [0.29, 0.717) is 25.7 Å². The Morgan fingerprint density at radius 1 is 0.270 bits per heavy atom. The molecule has 0 radical (unpaired) electrons. The Hall–Kier alpha value is -1.94. The smallest absolute Gasteiger partial charge is 0.462 e. The predicted octanol–water partition coefficient (Wildman–Crippen LogP) is 24.4. The molecule has 100 heavy (non-hydrogen) atoms. The first-order chi connectivity index (χ1) is 48.5. The molecule has 0 fully saturated rings. The highest BCUT2D eigenvalue weighted by Gasteiger charge is 2.30. The highest BCUT2D eigenvalue weighted by Crippen LogP contribution is 2.45. The van der Waals surface area contributed by atoms with Gasteiger partial charge in [0, 0.05) is 25.7 Å². The van der Waals surface area contributed by atoms with Crippen molar-refractivity contribution in [1.29, 1.82) is 0 Å².